The van der Waals surface area contributed by atoms with Crippen LogP contribution in [0.2, 0.25) is 0 Å². The number of hydrogen-bond acceptors (Lipinski definition) is 7. The summed E-state index contributed by atoms with van der Waals surface area (Å²) in [5.74, 6) is 3.23. The minimum Gasteiger partial charge on any atom is -0.494 e. The lowest BCUT2D eigenvalue weighted by molar-refractivity contribution is -0.133. The normalized spacial score (nSPS) is 14.2. The topological polar surface area (TPSA) is 67.8 Å². The van der Waals surface area contributed by atoms with Crippen LogP contribution in [0, 0.1) is 6.92 Å². The zero-order chi connectivity index (χ0) is 21.8. The molecule has 3 heterocycles. The highest BCUT2D eigenvalue weighted by Crippen LogP contribution is 2.31. The van der Waals surface area contributed by atoms with Crippen LogP contribution < -0.4 is 14.4 Å². The van der Waals surface area contributed by atoms with E-state index in [-0.39, 0.29) is 12.5 Å². The molecule has 0 spiro atoms. The van der Waals surface area contributed by atoms with E-state index in [9.17, 15) is 4.79 Å². The predicted molar refractivity (Wildman–Crippen MR) is 123 cm³/mol. The number of aryl methyl sites for hydroxylation is 2. The lowest BCUT2D eigenvalue weighted by Gasteiger charge is -2.35. The molecule has 0 aliphatic carbocycles. The van der Waals surface area contributed by atoms with Crippen molar-refractivity contribution in [3.8, 4) is 11.5 Å². The van der Waals surface area contributed by atoms with Gasteiger partial charge in [0.05, 0.1) is 12.0 Å². The summed E-state index contributed by atoms with van der Waals surface area (Å²) in [5.41, 5.74) is 0. The molecule has 0 radical (unpaired) electrons. The van der Waals surface area contributed by atoms with Crippen LogP contribution in [-0.4, -0.2) is 60.2 Å². The maximum Gasteiger partial charge on any atom is 0.260 e. The fourth-order valence-electron chi connectivity index (χ4n) is 3.68. The summed E-state index contributed by atoms with van der Waals surface area (Å²) in [7, 11) is 0. The number of hydrogen-bond donors (Lipinski definition) is 0. The number of amides is 1. The molecule has 8 heteroatoms. The Kier molecular flexibility index (Phi) is 6.56. The number of rotatable bonds is 7. The van der Waals surface area contributed by atoms with Gasteiger partial charge in [-0.2, -0.15) is 0 Å². The van der Waals surface area contributed by atoms with Gasteiger partial charge in [0.2, 0.25) is 0 Å². The highest BCUT2D eigenvalue weighted by Gasteiger charge is 2.24. The molecule has 1 amide bonds. The van der Waals surface area contributed by atoms with Gasteiger partial charge in [0.15, 0.2) is 6.61 Å². The zero-order valence-electron chi connectivity index (χ0n) is 18.3. The molecule has 1 aromatic carbocycles. The first kappa shape index (κ1) is 21.4. The van der Waals surface area contributed by atoms with Crippen molar-refractivity contribution in [2.75, 3.05) is 44.3 Å². The molecule has 0 atom stereocenters. The van der Waals surface area contributed by atoms with Gasteiger partial charge in [-0.1, -0.05) is 6.92 Å². The van der Waals surface area contributed by atoms with Crippen molar-refractivity contribution in [3.63, 3.8) is 0 Å². The number of anilines is 1. The first-order chi connectivity index (χ1) is 15.1. The highest BCUT2D eigenvalue weighted by atomic mass is 32.1. The second-order valence-electron chi connectivity index (χ2n) is 7.44. The minimum absolute atomic E-state index is 0.00125. The van der Waals surface area contributed by atoms with E-state index < -0.39 is 0 Å². The number of fused-ring (bicyclic) bond motifs is 1. The Labute approximate surface area is 186 Å². The summed E-state index contributed by atoms with van der Waals surface area (Å²) < 4.78 is 11.1. The van der Waals surface area contributed by atoms with Crippen molar-refractivity contribution in [1.29, 1.82) is 0 Å². The summed E-state index contributed by atoms with van der Waals surface area (Å²) in [5, 5.41) is 1.12. The van der Waals surface area contributed by atoms with E-state index in [1.807, 2.05) is 43.0 Å². The van der Waals surface area contributed by atoms with Crippen LogP contribution in [0.25, 0.3) is 10.2 Å². The van der Waals surface area contributed by atoms with Crippen LogP contribution in [-0.2, 0) is 11.2 Å². The van der Waals surface area contributed by atoms with Crippen molar-refractivity contribution in [2.45, 2.75) is 27.2 Å². The average molecular weight is 441 g/mol. The van der Waals surface area contributed by atoms with Crippen LogP contribution in [0.15, 0.2) is 30.3 Å². The first-order valence-corrected chi connectivity index (χ1v) is 11.5. The zero-order valence-corrected chi connectivity index (χ0v) is 19.1. The fourth-order valence-corrected chi connectivity index (χ4v) is 4.69. The van der Waals surface area contributed by atoms with E-state index in [4.69, 9.17) is 14.5 Å². The maximum absolute atomic E-state index is 12.6. The number of ether oxygens (including phenoxy) is 2. The lowest BCUT2D eigenvalue weighted by Crippen LogP contribution is -2.50. The molecule has 0 bridgehead atoms. The quantitative estimate of drug-likeness (QED) is 0.558. The monoisotopic (exact) mass is 440 g/mol. The standard InChI is InChI=1S/C23H28N4O3S/c1-4-19-14-20-22(24-16(3)25-23(20)31-19)27-12-10-26(11-13-27)21(28)15-30-18-8-6-17(7-9-18)29-5-2/h6-9,14H,4-5,10-13,15H2,1-3H3. The summed E-state index contributed by atoms with van der Waals surface area (Å²) in [6.07, 6.45) is 0.996. The van der Waals surface area contributed by atoms with Crippen LogP contribution in [0.5, 0.6) is 11.5 Å². The maximum atomic E-state index is 12.6. The molecule has 2 aromatic heterocycles. The molecule has 31 heavy (non-hydrogen) atoms. The summed E-state index contributed by atoms with van der Waals surface area (Å²) in [6, 6.07) is 9.55. The molecule has 7 nitrogen and oxygen atoms in total. The van der Waals surface area contributed by atoms with Gasteiger partial charge in [0.25, 0.3) is 5.91 Å². The van der Waals surface area contributed by atoms with E-state index in [2.05, 4.69) is 22.9 Å². The number of carbonyl (C=O) groups is 1. The van der Waals surface area contributed by atoms with Crippen LogP contribution in [0.4, 0.5) is 5.82 Å². The van der Waals surface area contributed by atoms with Gasteiger partial charge in [0.1, 0.15) is 28.0 Å². The third-order valence-corrected chi connectivity index (χ3v) is 6.49. The second kappa shape index (κ2) is 9.51. The number of nitrogens with zero attached hydrogens (tertiary/aromatic N) is 4. The molecule has 1 saturated heterocycles. The van der Waals surface area contributed by atoms with Crippen molar-refractivity contribution in [3.05, 3.63) is 41.0 Å². The Morgan fingerprint density at radius 1 is 1.03 bits per heavy atom. The van der Waals surface area contributed by atoms with Gasteiger partial charge in [-0.05, 0) is 50.6 Å². The van der Waals surface area contributed by atoms with Crippen molar-refractivity contribution >= 4 is 33.3 Å². The average Bonchev–Trinajstić information content (AvgIpc) is 3.21. The van der Waals surface area contributed by atoms with Gasteiger partial charge < -0.3 is 19.3 Å². The van der Waals surface area contributed by atoms with E-state index in [1.165, 1.54) is 4.88 Å². The summed E-state index contributed by atoms with van der Waals surface area (Å²) in [4.78, 5) is 28.4. The third kappa shape index (κ3) is 4.90. The van der Waals surface area contributed by atoms with Crippen LogP contribution in [0.3, 0.4) is 0 Å². The van der Waals surface area contributed by atoms with E-state index in [0.29, 0.717) is 25.4 Å². The Balaban J connectivity index is 1.35. The molecule has 0 unspecified atom stereocenters. The van der Waals surface area contributed by atoms with Gasteiger partial charge >= 0.3 is 0 Å². The SMILES string of the molecule is CCOc1ccc(OCC(=O)N2CCN(c3nc(C)nc4sc(CC)cc34)CC2)cc1. The van der Waals surface area contributed by atoms with Crippen LogP contribution >= 0.6 is 11.3 Å². The Morgan fingerprint density at radius 3 is 2.35 bits per heavy atom. The molecule has 1 aliphatic heterocycles. The van der Waals surface area contributed by atoms with Gasteiger partial charge in [-0.25, -0.2) is 9.97 Å². The highest BCUT2D eigenvalue weighted by molar-refractivity contribution is 7.18. The fraction of sp³-hybridized carbons (Fsp3) is 0.435. The molecule has 1 fully saturated rings. The minimum atomic E-state index is 0.00125. The Hall–Kier alpha value is -2.87. The van der Waals surface area contributed by atoms with Gasteiger partial charge in [-0.15, -0.1) is 11.3 Å². The molecule has 0 saturated carbocycles. The Bertz CT molecular complexity index is 1040. The predicted octanol–water partition coefficient (Wildman–Crippen LogP) is 3.69. The largest absolute Gasteiger partial charge is 0.494 e. The smallest absolute Gasteiger partial charge is 0.260 e. The molecular weight excluding hydrogens is 412 g/mol. The number of benzene rings is 1. The number of piperazine rings is 1. The summed E-state index contributed by atoms with van der Waals surface area (Å²) in [6.45, 7) is 9.50. The van der Waals surface area contributed by atoms with Crippen molar-refractivity contribution in [1.82, 2.24) is 14.9 Å². The van der Waals surface area contributed by atoms with E-state index in [1.54, 1.807) is 11.3 Å². The number of aromatic nitrogens is 2. The molecule has 4 rings (SSSR count). The van der Waals surface area contributed by atoms with Crippen molar-refractivity contribution in [2.24, 2.45) is 0 Å². The van der Waals surface area contributed by atoms with Gasteiger partial charge in [-0.3, -0.25) is 4.79 Å². The lowest BCUT2D eigenvalue weighted by atomic mass is 10.2. The molecule has 0 N–H and O–H groups in total. The van der Waals surface area contributed by atoms with E-state index >= 15 is 0 Å². The molecule has 164 valence electrons. The molecule has 3 aromatic rings. The number of thiophene rings is 1. The second-order valence-corrected chi connectivity index (χ2v) is 8.56. The van der Waals surface area contributed by atoms with E-state index in [0.717, 1.165) is 47.1 Å². The first-order valence-electron chi connectivity index (χ1n) is 10.7. The molecule has 1 aliphatic rings. The molecular formula is C23H28N4O3S. The van der Waals surface area contributed by atoms with Crippen molar-refractivity contribution < 1.29 is 14.3 Å². The number of carbonyl (C=O) groups excluding carboxylic acids is 1. The van der Waals surface area contributed by atoms with Gasteiger partial charge in [0, 0.05) is 31.1 Å². The summed E-state index contributed by atoms with van der Waals surface area (Å²) >= 11 is 1.74. The Morgan fingerprint density at radius 2 is 1.71 bits per heavy atom. The third-order valence-electron chi connectivity index (χ3n) is 5.31. The van der Waals surface area contributed by atoms with Crippen LogP contribution in [0.1, 0.15) is 24.5 Å².